The molecule has 0 saturated carbocycles. The molecule has 0 spiro atoms. The Balaban J connectivity index is 1.89. The van der Waals surface area contributed by atoms with Crippen LogP contribution in [0.4, 0.5) is 5.69 Å². The van der Waals surface area contributed by atoms with Crippen molar-refractivity contribution in [2.75, 3.05) is 39.6 Å². The Morgan fingerprint density at radius 3 is 2.61 bits per heavy atom. The van der Waals surface area contributed by atoms with Crippen molar-refractivity contribution in [3.05, 3.63) is 29.8 Å². The Labute approximate surface area is 139 Å². The number of benzene rings is 1. The van der Waals surface area contributed by atoms with Crippen LogP contribution >= 0.6 is 0 Å². The monoisotopic (exact) mass is 319 g/mol. The second-order valence-electron chi connectivity index (χ2n) is 6.64. The highest BCUT2D eigenvalue weighted by molar-refractivity contribution is 5.80. The maximum absolute atomic E-state index is 11.9. The van der Waals surface area contributed by atoms with Crippen LogP contribution < -0.4 is 10.2 Å². The summed E-state index contributed by atoms with van der Waals surface area (Å²) in [6.07, 6.45) is 1.57. The van der Waals surface area contributed by atoms with Crippen LogP contribution in [0.15, 0.2) is 24.3 Å². The first-order chi connectivity index (χ1) is 10.9. The van der Waals surface area contributed by atoms with Crippen LogP contribution in [-0.2, 0) is 9.53 Å². The van der Waals surface area contributed by atoms with E-state index >= 15 is 0 Å². The molecule has 5 heteroatoms. The fourth-order valence-corrected chi connectivity index (χ4v) is 3.00. The van der Waals surface area contributed by atoms with Crippen LogP contribution in [0.25, 0.3) is 0 Å². The molecule has 128 valence electrons. The zero-order valence-electron chi connectivity index (χ0n) is 14.9. The minimum Gasteiger partial charge on any atom is -0.377 e. The number of carbonyl (C=O) groups is 1. The predicted octanol–water partition coefficient (Wildman–Crippen LogP) is 2.04. The lowest BCUT2D eigenvalue weighted by Gasteiger charge is -2.24. The van der Waals surface area contributed by atoms with Gasteiger partial charge in [0.05, 0.1) is 6.10 Å². The molecule has 1 fully saturated rings. The summed E-state index contributed by atoms with van der Waals surface area (Å²) >= 11 is 0. The van der Waals surface area contributed by atoms with E-state index in [1.165, 1.54) is 11.3 Å². The number of amides is 1. The molecule has 1 aliphatic rings. The van der Waals surface area contributed by atoms with E-state index in [1.54, 1.807) is 19.0 Å². The molecule has 0 bridgehead atoms. The Morgan fingerprint density at radius 2 is 1.96 bits per heavy atom. The third-order valence-corrected chi connectivity index (χ3v) is 4.36. The molecule has 1 aromatic rings. The summed E-state index contributed by atoms with van der Waals surface area (Å²) in [4.78, 5) is 15.7. The minimum atomic E-state index is -0.277. The van der Waals surface area contributed by atoms with E-state index in [0.29, 0.717) is 0 Å². The molecular weight excluding hydrogens is 290 g/mol. The Kier molecular flexibility index (Phi) is 6.02. The van der Waals surface area contributed by atoms with Gasteiger partial charge >= 0.3 is 0 Å². The summed E-state index contributed by atoms with van der Waals surface area (Å²) < 4.78 is 5.88. The van der Waals surface area contributed by atoms with Crippen LogP contribution in [0.1, 0.15) is 31.4 Å². The third kappa shape index (κ3) is 4.45. The molecule has 1 heterocycles. The van der Waals surface area contributed by atoms with Gasteiger partial charge in [-0.05, 0) is 31.4 Å². The van der Waals surface area contributed by atoms with Gasteiger partial charge in [0.1, 0.15) is 6.10 Å². The zero-order valence-corrected chi connectivity index (χ0v) is 14.9. The molecule has 5 nitrogen and oxygen atoms in total. The molecule has 3 atom stereocenters. The number of hydrogen-bond donors (Lipinski definition) is 1. The standard InChI is InChI=1S/C18H29N3O2/c1-13(15-8-6-7-9-16(15)20(2)3)19-12-14-10-11-17(23-14)18(22)21(4)5/h6-9,13-14,17,19H,10-12H2,1-5H3/t13-,14+,17+/m0/s1. The van der Waals surface area contributed by atoms with E-state index in [9.17, 15) is 4.79 Å². The molecule has 1 N–H and O–H groups in total. The normalized spacial score (nSPS) is 22.0. The van der Waals surface area contributed by atoms with Crippen molar-refractivity contribution in [3.63, 3.8) is 0 Å². The lowest BCUT2D eigenvalue weighted by molar-refractivity contribution is -0.140. The fraction of sp³-hybridized carbons (Fsp3) is 0.611. The molecule has 0 aliphatic carbocycles. The number of likely N-dealkylation sites (N-methyl/N-ethyl adjacent to an activating group) is 1. The number of hydrogen-bond acceptors (Lipinski definition) is 4. The topological polar surface area (TPSA) is 44.8 Å². The Hall–Kier alpha value is -1.59. The first-order valence-corrected chi connectivity index (χ1v) is 8.26. The SMILES string of the molecule is C[C@H](NC[C@H]1CC[C@H](C(=O)N(C)C)O1)c1ccccc1N(C)C. The van der Waals surface area contributed by atoms with Crippen molar-refractivity contribution in [1.29, 1.82) is 0 Å². The van der Waals surface area contributed by atoms with E-state index < -0.39 is 0 Å². The molecule has 1 aromatic carbocycles. The van der Waals surface area contributed by atoms with Crippen LogP contribution in [0.5, 0.6) is 0 Å². The minimum absolute atomic E-state index is 0.0681. The van der Waals surface area contributed by atoms with Crippen molar-refractivity contribution in [1.82, 2.24) is 10.2 Å². The third-order valence-electron chi connectivity index (χ3n) is 4.36. The van der Waals surface area contributed by atoms with Gasteiger partial charge in [-0.1, -0.05) is 18.2 Å². The first-order valence-electron chi connectivity index (χ1n) is 8.26. The summed E-state index contributed by atoms with van der Waals surface area (Å²) in [5, 5.41) is 3.55. The maximum Gasteiger partial charge on any atom is 0.251 e. The largest absolute Gasteiger partial charge is 0.377 e. The lowest BCUT2D eigenvalue weighted by Crippen LogP contribution is -2.35. The smallest absolute Gasteiger partial charge is 0.251 e. The van der Waals surface area contributed by atoms with Crippen molar-refractivity contribution in [2.24, 2.45) is 0 Å². The highest BCUT2D eigenvalue weighted by atomic mass is 16.5. The summed E-state index contributed by atoms with van der Waals surface area (Å²) in [5.74, 6) is 0.0681. The first kappa shape index (κ1) is 17.8. The van der Waals surface area contributed by atoms with Gasteiger partial charge in [0.25, 0.3) is 5.91 Å². The average Bonchev–Trinajstić information content (AvgIpc) is 3.00. The van der Waals surface area contributed by atoms with Crippen LogP contribution in [0.3, 0.4) is 0 Å². The molecule has 0 radical (unpaired) electrons. The molecule has 1 aliphatic heterocycles. The number of nitrogens with zero attached hydrogens (tertiary/aromatic N) is 2. The van der Waals surface area contributed by atoms with Crippen molar-refractivity contribution >= 4 is 11.6 Å². The van der Waals surface area contributed by atoms with E-state index in [0.717, 1.165) is 19.4 Å². The molecule has 0 aromatic heterocycles. The van der Waals surface area contributed by atoms with Gasteiger partial charge < -0.3 is 19.9 Å². The van der Waals surface area contributed by atoms with Crippen molar-refractivity contribution in [2.45, 2.75) is 38.0 Å². The number of anilines is 1. The highest BCUT2D eigenvalue weighted by Gasteiger charge is 2.31. The highest BCUT2D eigenvalue weighted by Crippen LogP contribution is 2.26. The maximum atomic E-state index is 11.9. The molecule has 23 heavy (non-hydrogen) atoms. The van der Waals surface area contributed by atoms with Gasteiger partial charge in [0, 0.05) is 46.5 Å². The lowest BCUT2D eigenvalue weighted by atomic mass is 10.0. The summed E-state index contributed by atoms with van der Waals surface area (Å²) in [6.45, 7) is 2.93. The number of nitrogens with one attached hydrogen (secondary N) is 1. The van der Waals surface area contributed by atoms with Crippen LogP contribution in [0, 0.1) is 0 Å². The second-order valence-corrected chi connectivity index (χ2v) is 6.64. The van der Waals surface area contributed by atoms with Gasteiger partial charge in [-0.2, -0.15) is 0 Å². The van der Waals surface area contributed by atoms with Crippen LogP contribution in [-0.4, -0.2) is 57.8 Å². The predicted molar refractivity (Wildman–Crippen MR) is 93.8 cm³/mol. The summed E-state index contributed by atoms with van der Waals surface area (Å²) in [7, 11) is 7.67. The second kappa shape index (κ2) is 7.79. The van der Waals surface area contributed by atoms with E-state index in [4.69, 9.17) is 4.74 Å². The van der Waals surface area contributed by atoms with Crippen molar-refractivity contribution in [3.8, 4) is 0 Å². The molecule has 1 amide bonds. The molecule has 2 rings (SSSR count). The Bertz CT molecular complexity index is 531. The van der Waals surface area contributed by atoms with Gasteiger partial charge in [0.15, 0.2) is 0 Å². The molecule has 0 unspecified atom stereocenters. The fourth-order valence-electron chi connectivity index (χ4n) is 3.00. The van der Waals surface area contributed by atoms with E-state index in [2.05, 4.69) is 55.5 Å². The van der Waals surface area contributed by atoms with Gasteiger partial charge in [-0.25, -0.2) is 0 Å². The molecular formula is C18H29N3O2. The Morgan fingerprint density at radius 1 is 1.26 bits per heavy atom. The summed E-state index contributed by atoms with van der Waals surface area (Å²) in [6, 6.07) is 8.65. The number of carbonyl (C=O) groups excluding carboxylic acids is 1. The van der Waals surface area contributed by atoms with Gasteiger partial charge in [0.2, 0.25) is 0 Å². The van der Waals surface area contributed by atoms with Crippen LogP contribution in [0.2, 0.25) is 0 Å². The zero-order chi connectivity index (χ0) is 17.0. The average molecular weight is 319 g/mol. The van der Waals surface area contributed by atoms with Gasteiger partial charge in [-0.3, -0.25) is 4.79 Å². The van der Waals surface area contributed by atoms with Gasteiger partial charge in [-0.15, -0.1) is 0 Å². The number of ether oxygens (including phenoxy) is 1. The molecule has 1 saturated heterocycles. The van der Waals surface area contributed by atoms with E-state index in [1.807, 2.05) is 0 Å². The quantitative estimate of drug-likeness (QED) is 0.871. The number of para-hydroxylation sites is 1. The number of rotatable bonds is 6. The van der Waals surface area contributed by atoms with E-state index in [-0.39, 0.29) is 24.2 Å². The van der Waals surface area contributed by atoms with Crippen molar-refractivity contribution < 1.29 is 9.53 Å². The summed E-state index contributed by atoms with van der Waals surface area (Å²) in [5.41, 5.74) is 2.50.